The van der Waals surface area contributed by atoms with Gasteiger partial charge >= 0.3 is 0 Å². The molecule has 0 aromatic carbocycles. The Hall–Kier alpha value is -0.0400. The lowest BCUT2D eigenvalue weighted by Gasteiger charge is -2.41. The topological polar surface area (TPSA) is 20.2 Å². The van der Waals surface area contributed by atoms with Gasteiger partial charge < -0.3 is 5.11 Å². The minimum Gasteiger partial charge on any atom is -0.390 e. The zero-order valence-electron chi connectivity index (χ0n) is 7.22. The van der Waals surface area contributed by atoms with Gasteiger partial charge in [-0.1, -0.05) is 13.8 Å². The molecule has 1 nitrogen and oxygen atoms in total. The summed E-state index contributed by atoms with van der Waals surface area (Å²) in [6.07, 6.45) is 3.33. The first-order valence-electron chi connectivity index (χ1n) is 4.22. The van der Waals surface area contributed by atoms with Crippen molar-refractivity contribution in [3.05, 3.63) is 0 Å². The van der Waals surface area contributed by atoms with Crippen LogP contribution in [0.25, 0.3) is 0 Å². The van der Waals surface area contributed by atoms with Gasteiger partial charge in [0.2, 0.25) is 0 Å². The average Bonchev–Trinajstić information content (AvgIpc) is 1.57. The molecule has 1 aliphatic rings. The van der Waals surface area contributed by atoms with Gasteiger partial charge in [-0.25, -0.2) is 0 Å². The molecule has 0 heterocycles. The van der Waals surface area contributed by atoms with E-state index < -0.39 is 0 Å². The van der Waals surface area contributed by atoms with Crippen molar-refractivity contribution in [3.8, 4) is 0 Å². The van der Waals surface area contributed by atoms with E-state index >= 15 is 0 Å². The van der Waals surface area contributed by atoms with Crippen molar-refractivity contribution in [2.45, 2.75) is 45.6 Å². The molecule has 0 aromatic heterocycles. The summed E-state index contributed by atoms with van der Waals surface area (Å²) in [6, 6.07) is 0. The molecule has 0 amide bonds. The van der Waals surface area contributed by atoms with E-state index in [4.69, 9.17) is 0 Å². The van der Waals surface area contributed by atoms with Gasteiger partial charge in [0.1, 0.15) is 0 Å². The molecule has 1 heteroatoms. The Morgan fingerprint density at radius 1 is 1.50 bits per heavy atom. The van der Waals surface area contributed by atoms with Crippen molar-refractivity contribution in [1.82, 2.24) is 0 Å². The molecule has 1 aliphatic carbocycles. The molecule has 1 rings (SSSR count). The van der Waals surface area contributed by atoms with Crippen molar-refractivity contribution >= 4 is 0 Å². The van der Waals surface area contributed by atoms with Crippen LogP contribution >= 0.6 is 0 Å². The molecule has 10 heavy (non-hydrogen) atoms. The summed E-state index contributed by atoms with van der Waals surface area (Å²) < 4.78 is 0. The van der Waals surface area contributed by atoms with Crippen LogP contribution in [0.4, 0.5) is 0 Å². The molecule has 1 N–H and O–H groups in total. The molecule has 0 aromatic rings. The van der Waals surface area contributed by atoms with E-state index in [1.807, 2.05) is 6.92 Å². The van der Waals surface area contributed by atoms with Crippen LogP contribution in [0, 0.1) is 11.8 Å². The molecule has 0 spiro atoms. The van der Waals surface area contributed by atoms with E-state index in [1.165, 1.54) is 6.42 Å². The summed E-state index contributed by atoms with van der Waals surface area (Å²) in [5, 5.41) is 9.40. The van der Waals surface area contributed by atoms with Crippen LogP contribution in [0.1, 0.15) is 40.0 Å². The first kappa shape index (κ1) is 8.06. The third-order valence-corrected chi connectivity index (χ3v) is 2.26. The number of hydrogen-bond acceptors (Lipinski definition) is 1. The van der Waals surface area contributed by atoms with Crippen LogP contribution in [-0.2, 0) is 0 Å². The monoisotopic (exact) mass is 142 g/mol. The molecule has 0 radical (unpaired) electrons. The van der Waals surface area contributed by atoms with Crippen molar-refractivity contribution < 1.29 is 5.11 Å². The zero-order chi connectivity index (χ0) is 7.78. The van der Waals surface area contributed by atoms with Gasteiger partial charge in [0, 0.05) is 0 Å². The van der Waals surface area contributed by atoms with Crippen LogP contribution in [-0.4, -0.2) is 10.7 Å². The Morgan fingerprint density at radius 2 is 2.00 bits per heavy atom. The standard InChI is InChI=1S/C9H18O/c1-7(2)4-8-5-9(3,10)6-8/h7-8,10H,4-6H2,1-3H3. The first-order valence-corrected chi connectivity index (χ1v) is 4.22. The molecule has 0 saturated heterocycles. The summed E-state index contributed by atoms with van der Waals surface area (Å²) in [7, 11) is 0. The molecule has 0 bridgehead atoms. The van der Waals surface area contributed by atoms with E-state index in [-0.39, 0.29) is 5.60 Å². The molecule has 0 atom stereocenters. The number of hydrogen-bond donors (Lipinski definition) is 1. The summed E-state index contributed by atoms with van der Waals surface area (Å²) in [6.45, 7) is 6.42. The second-order valence-corrected chi connectivity index (χ2v) is 4.40. The highest BCUT2D eigenvalue weighted by Gasteiger charge is 2.37. The van der Waals surface area contributed by atoms with Crippen LogP contribution in [0.2, 0.25) is 0 Å². The Morgan fingerprint density at radius 3 is 2.30 bits per heavy atom. The van der Waals surface area contributed by atoms with Crippen molar-refractivity contribution in [2.24, 2.45) is 11.8 Å². The van der Waals surface area contributed by atoms with Gasteiger partial charge in [-0.15, -0.1) is 0 Å². The highest BCUT2D eigenvalue weighted by molar-refractivity contribution is 4.90. The highest BCUT2D eigenvalue weighted by Crippen LogP contribution is 2.40. The summed E-state index contributed by atoms with van der Waals surface area (Å²) in [5.74, 6) is 1.59. The summed E-state index contributed by atoms with van der Waals surface area (Å²) >= 11 is 0. The van der Waals surface area contributed by atoms with Gasteiger partial charge in [0.05, 0.1) is 5.60 Å². The van der Waals surface area contributed by atoms with Crippen LogP contribution in [0.3, 0.4) is 0 Å². The zero-order valence-corrected chi connectivity index (χ0v) is 7.22. The average molecular weight is 142 g/mol. The Bertz CT molecular complexity index is 105. The lowest BCUT2D eigenvalue weighted by molar-refractivity contribution is -0.0624. The molecule has 0 unspecified atom stereocenters. The smallest absolute Gasteiger partial charge is 0.0625 e. The van der Waals surface area contributed by atoms with Gasteiger partial charge in [0.25, 0.3) is 0 Å². The van der Waals surface area contributed by atoms with Gasteiger partial charge in [-0.05, 0) is 38.0 Å². The fourth-order valence-electron chi connectivity index (χ4n) is 2.02. The van der Waals surface area contributed by atoms with Gasteiger partial charge in [0.15, 0.2) is 0 Å². The Balaban J connectivity index is 2.15. The predicted octanol–water partition coefficient (Wildman–Crippen LogP) is 2.19. The van der Waals surface area contributed by atoms with E-state index in [0.717, 1.165) is 24.7 Å². The maximum atomic E-state index is 9.40. The lowest BCUT2D eigenvalue weighted by atomic mass is 9.69. The second-order valence-electron chi connectivity index (χ2n) is 4.40. The minimum absolute atomic E-state index is 0.320. The molecular weight excluding hydrogens is 124 g/mol. The second kappa shape index (κ2) is 2.54. The predicted molar refractivity (Wildman–Crippen MR) is 42.8 cm³/mol. The lowest BCUT2D eigenvalue weighted by Crippen LogP contribution is -2.41. The maximum absolute atomic E-state index is 9.40. The molecule has 0 aliphatic heterocycles. The Labute approximate surface area is 63.4 Å². The van der Waals surface area contributed by atoms with E-state index in [0.29, 0.717) is 0 Å². The summed E-state index contributed by atoms with van der Waals surface area (Å²) in [4.78, 5) is 0. The molecule has 60 valence electrons. The fraction of sp³-hybridized carbons (Fsp3) is 1.00. The third kappa shape index (κ3) is 1.98. The highest BCUT2D eigenvalue weighted by atomic mass is 16.3. The van der Waals surface area contributed by atoms with Gasteiger partial charge in [-0.2, -0.15) is 0 Å². The fourth-order valence-corrected chi connectivity index (χ4v) is 2.02. The number of rotatable bonds is 2. The van der Waals surface area contributed by atoms with Crippen molar-refractivity contribution in [1.29, 1.82) is 0 Å². The third-order valence-electron chi connectivity index (χ3n) is 2.26. The van der Waals surface area contributed by atoms with Crippen LogP contribution in [0.5, 0.6) is 0 Å². The normalized spacial score (nSPS) is 39.9. The van der Waals surface area contributed by atoms with Crippen LogP contribution in [0.15, 0.2) is 0 Å². The molecule has 1 fully saturated rings. The first-order chi connectivity index (χ1) is 4.49. The SMILES string of the molecule is CC(C)CC1CC(C)(O)C1. The van der Waals surface area contributed by atoms with Crippen molar-refractivity contribution in [2.75, 3.05) is 0 Å². The maximum Gasteiger partial charge on any atom is 0.0625 e. The largest absolute Gasteiger partial charge is 0.390 e. The van der Waals surface area contributed by atoms with E-state index in [9.17, 15) is 5.11 Å². The molecular formula is C9H18O. The number of aliphatic hydroxyl groups is 1. The quantitative estimate of drug-likeness (QED) is 0.626. The van der Waals surface area contributed by atoms with Crippen LogP contribution < -0.4 is 0 Å². The van der Waals surface area contributed by atoms with Crippen molar-refractivity contribution in [3.63, 3.8) is 0 Å². The summed E-state index contributed by atoms with van der Waals surface area (Å²) in [5.41, 5.74) is -0.320. The van der Waals surface area contributed by atoms with E-state index in [1.54, 1.807) is 0 Å². The van der Waals surface area contributed by atoms with E-state index in [2.05, 4.69) is 13.8 Å². The Kier molecular flexibility index (Phi) is 2.04. The molecule has 1 saturated carbocycles. The minimum atomic E-state index is -0.320. The van der Waals surface area contributed by atoms with Gasteiger partial charge in [-0.3, -0.25) is 0 Å².